The Labute approximate surface area is 136 Å². The molecule has 1 aromatic heterocycles. The zero-order chi connectivity index (χ0) is 16.4. The molecule has 3 heterocycles. The fraction of sp³-hybridized carbons (Fsp3) is 0.647. The summed E-state index contributed by atoms with van der Waals surface area (Å²) in [6, 6.07) is 3.27. The molecule has 0 unspecified atom stereocenters. The summed E-state index contributed by atoms with van der Waals surface area (Å²) in [4.78, 5) is 20.5. The second-order valence-electron chi connectivity index (χ2n) is 6.70. The lowest BCUT2D eigenvalue weighted by Gasteiger charge is -2.30. The number of likely N-dealkylation sites (tertiary alicyclic amines) is 1. The van der Waals surface area contributed by atoms with E-state index in [4.69, 9.17) is 0 Å². The summed E-state index contributed by atoms with van der Waals surface area (Å²) in [5.74, 6) is 1.31. The van der Waals surface area contributed by atoms with Crippen molar-refractivity contribution in [3.63, 3.8) is 0 Å². The number of hydrogen-bond acceptors (Lipinski definition) is 4. The number of rotatable bonds is 3. The van der Waals surface area contributed by atoms with E-state index in [0.29, 0.717) is 23.7 Å². The van der Waals surface area contributed by atoms with Gasteiger partial charge in [-0.15, -0.1) is 0 Å². The van der Waals surface area contributed by atoms with Crippen molar-refractivity contribution in [3.05, 3.63) is 23.9 Å². The highest BCUT2D eigenvalue weighted by Crippen LogP contribution is 2.26. The molecule has 0 radical (unpaired) electrons. The van der Waals surface area contributed by atoms with Crippen LogP contribution in [0.3, 0.4) is 0 Å². The van der Waals surface area contributed by atoms with Crippen molar-refractivity contribution in [3.8, 4) is 0 Å². The normalized spacial score (nSPS) is 25.9. The zero-order valence-electron chi connectivity index (χ0n) is 13.5. The van der Waals surface area contributed by atoms with Crippen molar-refractivity contribution in [2.24, 2.45) is 5.92 Å². The molecule has 6 heteroatoms. The van der Waals surface area contributed by atoms with Gasteiger partial charge in [-0.05, 0) is 30.9 Å². The molecule has 2 saturated heterocycles. The summed E-state index contributed by atoms with van der Waals surface area (Å²) < 4.78 is 13.5. The maximum Gasteiger partial charge on any atom is 0.255 e. The van der Waals surface area contributed by atoms with Gasteiger partial charge in [0.25, 0.3) is 5.91 Å². The van der Waals surface area contributed by atoms with Gasteiger partial charge in [0, 0.05) is 25.7 Å². The molecule has 0 aliphatic carbocycles. The van der Waals surface area contributed by atoms with E-state index < -0.39 is 6.17 Å². The Morgan fingerprint density at radius 1 is 1.39 bits per heavy atom. The molecule has 23 heavy (non-hydrogen) atoms. The number of carbonyl (C=O) groups is 1. The molecule has 0 aromatic carbocycles. The smallest absolute Gasteiger partial charge is 0.255 e. The first kappa shape index (κ1) is 16.2. The molecule has 1 amide bonds. The fourth-order valence-corrected chi connectivity index (χ4v) is 3.39. The molecule has 2 atom stereocenters. The Balaban J connectivity index is 1.68. The average Bonchev–Trinajstić information content (AvgIpc) is 2.96. The molecule has 5 nitrogen and oxygen atoms in total. The van der Waals surface area contributed by atoms with Crippen molar-refractivity contribution < 1.29 is 14.3 Å². The zero-order valence-corrected chi connectivity index (χ0v) is 13.5. The van der Waals surface area contributed by atoms with Gasteiger partial charge in [0.05, 0.1) is 24.8 Å². The summed E-state index contributed by atoms with van der Waals surface area (Å²) in [6.45, 7) is 3.96. The van der Waals surface area contributed by atoms with Gasteiger partial charge in [-0.1, -0.05) is 6.92 Å². The summed E-state index contributed by atoms with van der Waals surface area (Å²) in [7, 11) is 0. The van der Waals surface area contributed by atoms with Gasteiger partial charge in [-0.3, -0.25) is 4.79 Å². The number of anilines is 1. The number of aliphatic hydroxyl groups excluding tert-OH is 1. The number of aromatic nitrogens is 1. The molecule has 2 aliphatic rings. The topological polar surface area (TPSA) is 56.7 Å². The number of pyridine rings is 1. The van der Waals surface area contributed by atoms with Crippen LogP contribution in [0.15, 0.2) is 18.3 Å². The van der Waals surface area contributed by atoms with Crippen LogP contribution in [0.4, 0.5) is 10.2 Å². The van der Waals surface area contributed by atoms with E-state index in [1.165, 1.54) is 0 Å². The minimum Gasteiger partial charge on any atom is -0.394 e. The van der Waals surface area contributed by atoms with Gasteiger partial charge in [0.1, 0.15) is 12.0 Å². The van der Waals surface area contributed by atoms with E-state index in [2.05, 4.69) is 11.9 Å². The molecule has 3 rings (SSSR count). The quantitative estimate of drug-likeness (QED) is 0.923. The third-order valence-electron chi connectivity index (χ3n) is 4.93. The van der Waals surface area contributed by atoms with Crippen LogP contribution in [0.5, 0.6) is 0 Å². The van der Waals surface area contributed by atoms with Gasteiger partial charge >= 0.3 is 0 Å². The minimum absolute atomic E-state index is 0.0134. The number of halogens is 1. The minimum atomic E-state index is -0.939. The van der Waals surface area contributed by atoms with E-state index in [1.807, 2.05) is 4.90 Å². The molecule has 0 spiro atoms. The molecular formula is C17H24FN3O2. The van der Waals surface area contributed by atoms with Crippen molar-refractivity contribution in [2.45, 2.75) is 38.4 Å². The van der Waals surface area contributed by atoms with Crippen LogP contribution in [0.25, 0.3) is 0 Å². The third-order valence-corrected chi connectivity index (χ3v) is 4.93. The van der Waals surface area contributed by atoms with E-state index in [-0.39, 0.29) is 25.1 Å². The predicted molar refractivity (Wildman–Crippen MR) is 86.3 cm³/mol. The van der Waals surface area contributed by atoms with E-state index in [9.17, 15) is 14.3 Å². The van der Waals surface area contributed by atoms with Crippen molar-refractivity contribution in [2.75, 3.05) is 31.1 Å². The molecule has 2 aliphatic heterocycles. The monoisotopic (exact) mass is 321 g/mol. The van der Waals surface area contributed by atoms with Crippen LogP contribution in [0.2, 0.25) is 0 Å². The van der Waals surface area contributed by atoms with Crippen LogP contribution < -0.4 is 4.90 Å². The number of carbonyl (C=O) groups excluding carboxylic acids is 1. The van der Waals surface area contributed by atoms with Crippen LogP contribution in [0.1, 0.15) is 36.5 Å². The molecule has 0 bridgehead atoms. The molecule has 0 saturated carbocycles. The number of amides is 1. The standard InChI is InChI=1S/C17H24FN3O2/c1-12-4-6-20(7-5-12)17(23)13-2-3-16(19-9-13)21-10-14(18)8-15(21)11-22/h2-3,9,12,14-15,22H,4-8,10-11H2,1H3/t14-,15-/m0/s1. The fourth-order valence-electron chi connectivity index (χ4n) is 3.39. The van der Waals surface area contributed by atoms with Crippen molar-refractivity contribution in [1.29, 1.82) is 0 Å². The summed E-state index contributed by atoms with van der Waals surface area (Å²) in [6.07, 6.45) is 3.04. The first-order valence-electron chi connectivity index (χ1n) is 8.35. The van der Waals surface area contributed by atoms with Gasteiger partial charge in [0.15, 0.2) is 0 Å². The van der Waals surface area contributed by atoms with E-state index in [1.54, 1.807) is 23.2 Å². The second kappa shape index (κ2) is 6.83. The maximum absolute atomic E-state index is 13.5. The molecule has 2 fully saturated rings. The first-order valence-corrected chi connectivity index (χ1v) is 8.35. The predicted octanol–water partition coefficient (Wildman–Crippen LogP) is 1.86. The average molecular weight is 321 g/mol. The Hall–Kier alpha value is -1.69. The van der Waals surface area contributed by atoms with Gasteiger partial charge < -0.3 is 14.9 Å². The second-order valence-corrected chi connectivity index (χ2v) is 6.70. The van der Waals surface area contributed by atoms with E-state index in [0.717, 1.165) is 25.9 Å². The van der Waals surface area contributed by atoms with E-state index >= 15 is 0 Å². The van der Waals surface area contributed by atoms with Crippen LogP contribution in [0, 0.1) is 5.92 Å². The molecule has 1 aromatic rings. The lowest BCUT2D eigenvalue weighted by Crippen LogP contribution is -2.38. The Bertz CT molecular complexity index is 543. The Kier molecular flexibility index (Phi) is 4.80. The number of alkyl halides is 1. The highest BCUT2D eigenvalue weighted by Gasteiger charge is 2.32. The van der Waals surface area contributed by atoms with Crippen molar-refractivity contribution in [1.82, 2.24) is 9.88 Å². The first-order chi connectivity index (χ1) is 11.1. The van der Waals surface area contributed by atoms with Crippen LogP contribution in [-0.2, 0) is 0 Å². The maximum atomic E-state index is 13.5. The number of hydrogen-bond donors (Lipinski definition) is 1. The van der Waals surface area contributed by atoms with Crippen molar-refractivity contribution >= 4 is 11.7 Å². The highest BCUT2D eigenvalue weighted by molar-refractivity contribution is 5.94. The van der Waals surface area contributed by atoms with Gasteiger partial charge in [-0.2, -0.15) is 0 Å². The highest BCUT2D eigenvalue weighted by atomic mass is 19.1. The number of aliphatic hydroxyl groups is 1. The van der Waals surface area contributed by atoms with Crippen LogP contribution in [-0.4, -0.2) is 59.4 Å². The lowest BCUT2D eigenvalue weighted by atomic mass is 9.99. The molecular weight excluding hydrogens is 297 g/mol. The Morgan fingerprint density at radius 3 is 2.74 bits per heavy atom. The van der Waals surface area contributed by atoms with Crippen LogP contribution >= 0.6 is 0 Å². The largest absolute Gasteiger partial charge is 0.394 e. The summed E-state index contributed by atoms with van der Waals surface area (Å²) in [5.41, 5.74) is 0.569. The lowest BCUT2D eigenvalue weighted by molar-refractivity contribution is 0.0697. The molecule has 1 N–H and O–H groups in total. The van der Waals surface area contributed by atoms with Gasteiger partial charge in [0.2, 0.25) is 0 Å². The third kappa shape index (κ3) is 3.47. The number of piperidine rings is 1. The Morgan fingerprint density at radius 2 is 2.13 bits per heavy atom. The SMILES string of the molecule is CC1CCN(C(=O)c2ccc(N3C[C@@H](F)C[C@H]3CO)nc2)CC1. The van der Waals surface area contributed by atoms with Gasteiger partial charge in [-0.25, -0.2) is 9.37 Å². The summed E-state index contributed by atoms with van der Waals surface area (Å²) in [5, 5.41) is 9.35. The summed E-state index contributed by atoms with van der Waals surface area (Å²) >= 11 is 0. The number of nitrogens with zero attached hydrogens (tertiary/aromatic N) is 3. The molecule has 126 valence electrons.